The summed E-state index contributed by atoms with van der Waals surface area (Å²) in [7, 11) is 0. The summed E-state index contributed by atoms with van der Waals surface area (Å²) in [6.07, 6.45) is 4.32. The molecule has 100 valence electrons. The fraction of sp³-hybridized carbons (Fsp3) is 0.286. The molecule has 0 spiro atoms. The van der Waals surface area contributed by atoms with E-state index in [0.29, 0.717) is 0 Å². The van der Waals surface area contributed by atoms with E-state index in [1.807, 2.05) is 32.0 Å². The molecule has 0 saturated heterocycles. The predicted octanol–water partition coefficient (Wildman–Crippen LogP) is 2.56. The number of halogens is 1. The molecule has 3 heterocycles. The molecule has 19 heavy (non-hydrogen) atoms. The highest BCUT2D eigenvalue weighted by Crippen LogP contribution is 2.27. The number of amides is 1. The van der Waals surface area contributed by atoms with Gasteiger partial charge in [-0.15, -0.1) is 12.4 Å². The van der Waals surface area contributed by atoms with Crippen molar-refractivity contribution in [1.29, 1.82) is 0 Å². The summed E-state index contributed by atoms with van der Waals surface area (Å²) in [6, 6.07) is 5.77. The molecular weight excluding hydrogens is 262 g/mol. The Labute approximate surface area is 118 Å². The first kappa shape index (κ1) is 13.6. The molecule has 0 aromatic carbocycles. The summed E-state index contributed by atoms with van der Waals surface area (Å²) in [5.41, 5.74) is 3.58. The third-order valence-corrected chi connectivity index (χ3v) is 3.21. The molecule has 1 aliphatic heterocycles. The lowest BCUT2D eigenvalue weighted by Gasteiger charge is -2.30. The van der Waals surface area contributed by atoms with Gasteiger partial charge in [-0.1, -0.05) is 0 Å². The molecule has 0 unspecified atom stereocenters. The van der Waals surface area contributed by atoms with Gasteiger partial charge in [0.15, 0.2) is 0 Å². The lowest BCUT2D eigenvalue weighted by atomic mass is 9.92. The SMILES string of the molecule is CC1(C)Cc2[nH]c(-c3ccncc3)cc2C(=O)N1.Cl. The van der Waals surface area contributed by atoms with Crippen LogP contribution >= 0.6 is 12.4 Å². The number of nitrogens with zero attached hydrogens (tertiary/aromatic N) is 1. The van der Waals surface area contributed by atoms with E-state index in [1.165, 1.54) is 0 Å². The second-order valence-corrected chi connectivity index (χ2v) is 5.33. The molecule has 5 heteroatoms. The van der Waals surface area contributed by atoms with Crippen LogP contribution in [0.3, 0.4) is 0 Å². The molecule has 0 radical (unpaired) electrons. The van der Waals surface area contributed by atoms with Gasteiger partial charge in [-0.05, 0) is 32.0 Å². The van der Waals surface area contributed by atoms with Crippen LogP contribution in [0.5, 0.6) is 0 Å². The summed E-state index contributed by atoms with van der Waals surface area (Å²) in [6.45, 7) is 4.06. The van der Waals surface area contributed by atoms with Gasteiger partial charge in [0, 0.05) is 41.3 Å². The van der Waals surface area contributed by atoms with E-state index in [-0.39, 0.29) is 23.9 Å². The van der Waals surface area contributed by atoms with E-state index in [9.17, 15) is 4.79 Å². The van der Waals surface area contributed by atoms with Crippen molar-refractivity contribution < 1.29 is 4.79 Å². The lowest BCUT2D eigenvalue weighted by molar-refractivity contribution is 0.0896. The molecule has 0 aliphatic carbocycles. The van der Waals surface area contributed by atoms with E-state index in [1.54, 1.807) is 12.4 Å². The van der Waals surface area contributed by atoms with E-state index in [4.69, 9.17) is 0 Å². The minimum atomic E-state index is -0.190. The van der Waals surface area contributed by atoms with Crippen LogP contribution in [0.25, 0.3) is 11.3 Å². The second kappa shape index (κ2) is 4.70. The van der Waals surface area contributed by atoms with Crippen molar-refractivity contribution in [2.24, 2.45) is 0 Å². The molecule has 2 aromatic rings. The van der Waals surface area contributed by atoms with Crippen LogP contribution in [0, 0.1) is 0 Å². The maximum atomic E-state index is 12.0. The number of fused-ring (bicyclic) bond motifs is 1. The number of aromatic nitrogens is 2. The van der Waals surface area contributed by atoms with Crippen LogP contribution in [0.15, 0.2) is 30.6 Å². The molecule has 0 saturated carbocycles. The first-order chi connectivity index (χ1) is 8.55. The van der Waals surface area contributed by atoms with Gasteiger partial charge in [-0.2, -0.15) is 0 Å². The number of aromatic amines is 1. The maximum Gasteiger partial charge on any atom is 0.253 e. The number of carbonyl (C=O) groups is 1. The topological polar surface area (TPSA) is 57.8 Å². The highest BCUT2D eigenvalue weighted by Gasteiger charge is 2.31. The van der Waals surface area contributed by atoms with Gasteiger partial charge >= 0.3 is 0 Å². The van der Waals surface area contributed by atoms with Crippen molar-refractivity contribution >= 4 is 18.3 Å². The number of rotatable bonds is 1. The Balaban J connectivity index is 0.00000133. The Kier molecular flexibility index (Phi) is 3.37. The average Bonchev–Trinajstić information content (AvgIpc) is 2.72. The molecule has 0 atom stereocenters. The number of hydrogen-bond acceptors (Lipinski definition) is 2. The molecule has 1 amide bonds. The smallest absolute Gasteiger partial charge is 0.253 e. The quantitative estimate of drug-likeness (QED) is 0.842. The molecular formula is C14H16ClN3O. The normalized spacial score (nSPS) is 16.2. The van der Waals surface area contributed by atoms with Crippen LogP contribution in [0.4, 0.5) is 0 Å². The summed E-state index contributed by atoms with van der Waals surface area (Å²) in [4.78, 5) is 19.3. The summed E-state index contributed by atoms with van der Waals surface area (Å²) in [5, 5.41) is 3.01. The lowest BCUT2D eigenvalue weighted by Crippen LogP contribution is -2.48. The highest BCUT2D eigenvalue weighted by atomic mass is 35.5. The molecule has 0 bridgehead atoms. The number of pyridine rings is 1. The third-order valence-electron chi connectivity index (χ3n) is 3.21. The zero-order chi connectivity index (χ0) is 12.8. The zero-order valence-electron chi connectivity index (χ0n) is 10.9. The van der Waals surface area contributed by atoms with Gasteiger partial charge in [0.05, 0.1) is 5.56 Å². The van der Waals surface area contributed by atoms with Crippen molar-refractivity contribution in [3.63, 3.8) is 0 Å². The Morgan fingerprint density at radius 2 is 1.95 bits per heavy atom. The largest absolute Gasteiger partial charge is 0.358 e. The Hall–Kier alpha value is -1.81. The Morgan fingerprint density at radius 3 is 2.63 bits per heavy atom. The van der Waals surface area contributed by atoms with Gasteiger partial charge in [0.2, 0.25) is 0 Å². The molecule has 4 nitrogen and oxygen atoms in total. The van der Waals surface area contributed by atoms with Crippen molar-refractivity contribution in [3.05, 3.63) is 41.9 Å². The Morgan fingerprint density at radius 1 is 1.26 bits per heavy atom. The van der Waals surface area contributed by atoms with Gasteiger partial charge in [0.25, 0.3) is 5.91 Å². The van der Waals surface area contributed by atoms with E-state index in [2.05, 4.69) is 15.3 Å². The summed E-state index contributed by atoms with van der Waals surface area (Å²) < 4.78 is 0. The number of nitrogens with one attached hydrogen (secondary N) is 2. The third kappa shape index (κ3) is 2.49. The van der Waals surface area contributed by atoms with Gasteiger partial charge in [0.1, 0.15) is 0 Å². The molecule has 1 aliphatic rings. The number of hydrogen-bond donors (Lipinski definition) is 2. The summed E-state index contributed by atoms with van der Waals surface area (Å²) >= 11 is 0. The minimum Gasteiger partial charge on any atom is -0.358 e. The van der Waals surface area contributed by atoms with Crippen LogP contribution in [-0.2, 0) is 6.42 Å². The first-order valence-electron chi connectivity index (χ1n) is 6.00. The monoisotopic (exact) mass is 277 g/mol. The minimum absolute atomic E-state index is 0. The zero-order valence-corrected chi connectivity index (χ0v) is 11.7. The fourth-order valence-electron chi connectivity index (χ4n) is 2.39. The number of carbonyl (C=O) groups excluding carboxylic acids is 1. The Bertz CT molecular complexity index is 604. The van der Waals surface area contributed by atoms with Gasteiger partial charge in [-0.3, -0.25) is 9.78 Å². The first-order valence-corrected chi connectivity index (χ1v) is 6.00. The van der Waals surface area contributed by atoms with Gasteiger partial charge in [-0.25, -0.2) is 0 Å². The van der Waals surface area contributed by atoms with Crippen molar-refractivity contribution in [2.45, 2.75) is 25.8 Å². The van der Waals surface area contributed by atoms with E-state index < -0.39 is 0 Å². The van der Waals surface area contributed by atoms with E-state index in [0.717, 1.165) is 28.9 Å². The van der Waals surface area contributed by atoms with Crippen LogP contribution in [0.1, 0.15) is 29.9 Å². The molecule has 2 aromatic heterocycles. The highest BCUT2D eigenvalue weighted by molar-refractivity contribution is 5.98. The summed E-state index contributed by atoms with van der Waals surface area (Å²) in [5.74, 6) is -0.00203. The number of H-pyrrole nitrogens is 1. The van der Waals surface area contributed by atoms with Gasteiger partial charge < -0.3 is 10.3 Å². The van der Waals surface area contributed by atoms with E-state index >= 15 is 0 Å². The van der Waals surface area contributed by atoms with Crippen LogP contribution in [-0.4, -0.2) is 21.4 Å². The second-order valence-electron chi connectivity index (χ2n) is 5.33. The molecule has 3 rings (SSSR count). The van der Waals surface area contributed by atoms with Crippen molar-refractivity contribution in [2.75, 3.05) is 0 Å². The predicted molar refractivity (Wildman–Crippen MR) is 76.5 cm³/mol. The van der Waals surface area contributed by atoms with Crippen molar-refractivity contribution in [1.82, 2.24) is 15.3 Å². The molecule has 2 N–H and O–H groups in total. The van der Waals surface area contributed by atoms with Crippen molar-refractivity contribution in [3.8, 4) is 11.3 Å². The standard InChI is InChI=1S/C14H15N3O.ClH/c1-14(2)8-12-10(13(18)17-14)7-11(16-12)9-3-5-15-6-4-9;/h3-7,16H,8H2,1-2H3,(H,17,18);1H. The molecule has 0 fully saturated rings. The average molecular weight is 278 g/mol. The fourth-order valence-corrected chi connectivity index (χ4v) is 2.39. The van der Waals surface area contributed by atoms with Crippen LogP contribution < -0.4 is 5.32 Å². The maximum absolute atomic E-state index is 12.0. The van der Waals surface area contributed by atoms with Crippen LogP contribution in [0.2, 0.25) is 0 Å².